The highest BCUT2D eigenvalue weighted by Crippen LogP contribution is 2.35. The van der Waals surface area contributed by atoms with Gasteiger partial charge in [0.1, 0.15) is 5.82 Å². The topological polar surface area (TPSA) is 40.5 Å². The van der Waals surface area contributed by atoms with Crippen molar-refractivity contribution in [1.29, 1.82) is 0 Å². The molecule has 1 heterocycles. The predicted octanol–water partition coefficient (Wildman–Crippen LogP) is 3.67. The fraction of sp³-hybridized carbons (Fsp3) is 0.533. The first kappa shape index (κ1) is 15.4. The van der Waals surface area contributed by atoms with E-state index in [2.05, 4.69) is 20.8 Å². The Balaban J connectivity index is 2.01. The Morgan fingerprint density at radius 3 is 2.65 bits per heavy atom. The highest BCUT2D eigenvalue weighted by molar-refractivity contribution is 9.10. The van der Waals surface area contributed by atoms with Crippen molar-refractivity contribution in [1.82, 2.24) is 4.90 Å². The summed E-state index contributed by atoms with van der Waals surface area (Å²) in [6.45, 7) is 3.86. The molecule has 2 rings (SSSR count). The molecule has 1 saturated heterocycles. The van der Waals surface area contributed by atoms with E-state index in [9.17, 15) is 14.3 Å². The number of hydrogen-bond donors (Lipinski definition) is 1. The van der Waals surface area contributed by atoms with Gasteiger partial charge in [-0.25, -0.2) is 4.39 Å². The maximum Gasteiger partial charge on any atom is 0.309 e. The highest BCUT2D eigenvalue weighted by Gasteiger charge is 2.39. The number of carboxylic acids is 1. The number of carbonyl (C=O) groups is 1. The molecule has 1 N–H and O–H groups in total. The van der Waals surface area contributed by atoms with Crippen molar-refractivity contribution >= 4 is 21.9 Å². The van der Waals surface area contributed by atoms with Crippen molar-refractivity contribution in [3.05, 3.63) is 34.1 Å². The van der Waals surface area contributed by atoms with Crippen molar-refractivity contribution in [3.8, 4) is 0 Å². The first-order valence-electron chi connectivity index (χ1n) is 6.86. The van der Waals surface area contributed by atoms with Gasteiger partial charge in [-0.15, -0.1) is 0 Å². The quantitative estimate of drug-likeness (QED) is 0.906. The van der Waals surface area contributed by atoms with Crippen LogP contribution in [0.3, 0.4) is 0 Å². The standard InChI is InChI=1S/C15H19BrFNO2/c1-2-15(14(19)20)5-7-18(8-6-15)10-11-9-12(16)3-4-13(11)17/h3-4,9H,2,5-8,10H2,1H3,(H,19,20). The second-order valence-electron chi connectivity index (χ2n) is 5.45. The van der Waals surface area contributed by atoms with Crippen LogP contribution in [0.4, 0.5) is 4.39 Å². The molecular weight excluding hydrogens is 325 g/mol. The van der Waals surface area contributed by atoms with E-state index in [1.54, 1.807) is 12.1 Å². The summed E-state index contributed by atoms with van der Waals surface area (Å²) in [5.74, 6) is -0.910. The van der Waals surface area contributed by atoms with E-state index < -0.39 is 11.4 Å². The second kappa shape index (κ2) is 6.22. The summed E-state index contributed by atoms with van der Waals surface area (Å²) in [5.41, 5.74) is 0.0606. The lowest BCUT2D eigenvalue weighted by molar-refractivity contribution is -0.152. The maximum atomic E-state index is 13.7. The molecule has 0 aromatic heterocycles. The van der Waals surface area contributed by atoms with Crippen LogP contribution in [-0.2, 0) is 11.3 Å². The Morgan fingerprint density at radius 1 is 1.45 bits per heavy atom. The number of piperidine rings is 1. The fourth-order valence-corrected chi connectivity index (χ4v) is 3.17. The van der Waals surface area contributed by atoms with Crippen molar-refractivity contribution in [2.24, 2.45) is 5.41 Å². The fourth-order valence-electron chi connectivity index (χ4n) is 2.76. The third kappa shape index (κ3) is 3.20. The van der Waals surface area contributed by atoms with E-state index >= 15 is 0 Å². The van der Waals surface area contributed by atoms with E-state index in [4.69, 9.17) is 0 Å². The Kier molecular flexibility index (Phi) is 4.81. The Hall–Kier alpha value is -0.940. The lowest BCUT2D eigenvalue weighted by Gasteiger charge is -2.38. The molecule has 110 valence electrons. The van der Waals surface area contributed by atoms with Gasteiger partial charge < -0.3 is 5.11 Å². The minimum absolute atomic E-state index is 0.209. The molecule has 5 heteroatoms. The van der Waals surface area contributed by atoms with Gasteiger partial charge in [-0.2, -0.15) is 0 Å². The minimum Gasteiger partial charge on any atom is -0.481 e. The van der Waals surface area contributed by atoms with Gasteiger partial charge in [-0.3, -0.25) is 9.69 Å². The van der Waals surface area contributed by atoms with E-state index in [1.807, 2.05) is 6.92 Å². The summed E-state index contributed by atoms with van der Waals surface area (Å²) in [6, 6.07) is 4.92. The maximum absolute atomic E-state index is 13.7. The summed E-state index contributed by atoms with van der Waals surface area (Å²) in [4.78, 5) is 13.5. The third-order valence-electron chi connectivity index (χ3n) is 4.35. The average molecular weight is 344 g/mol. The van der Waals surface area contributed by atoms with Crippen molar-refractivity contribution in [2.75, 3.05) is 13.1 Å². The van der Waals surface area contributed by atoms with Gasteiger partial charge in [0.2, 0.25) is 0 Å². The van der Waals surface area contributed by atoms with Gasteiger partial charge in [0.25, 0.3) is 0 Å². The Labute approximate surface area is 126 Å². The zero-order chi connectivity index (χ0) is 14.8. The molecule has 1 aliphatic heterocycles. The van der Waals surface area contributed by atoms with E-state index in [0.717, 1.165) is 4.47 Å². The van der Waals surface area contributed by atoms with Gasteiger partial charge in [-0.05, 0) is 50.6 Å². The van der Waals surface area contributed by atoms with Gasteiger partial charge in [0.15, 0.2) is 0 Å². The van der Waals surface area contributed by atoms with Crippen LogP contribution in [0.25, 0.3) is 0 Å². The Morgan fingerprint density at radius 2 is 2.10 bits per heavy atom. The SMILES string of the molecule is CCC1(C(=O)O)CCN(Cc2cc(Br)ccc2F)CC1. The number of halogens is 2. The molecule has 20 heavy (non-hydrogen) atoms. The van der Waals surface area contributed by atoms with Gasteiger partial charge in [-0.1, -0.05) is 22.9 Å². The molecule has 0 aliphatic carbocycles. The van der Waals surface area contributed by atoms with E-state index in [0.29, 0.717) is 44.5 Å². The zero-order valence-electron chi connectivity index (χ0n) is 11.5. The molecule has 0 amide bonds. The molecule has 1 aromatic rings. The predicted molar refractivity (Wildman–Crippen MR) is 79.0 cm³/mol. The van der Waals surface area contributed by atoms with Crippen molar-refractivity contribution in [3.63, 3.8) is 0 Å². The lowest BCUT2D eigenvalue weighted by Crippen LogP contribution is -2.43. The van der Waals surface area contributed by atoms with Crippen LogP contribution in [0, 0.1) is 11.2 Å². The van der Waals surface area contributed by atoms with Crippen molar-refractivity contribution in [2.45, 2.75) is 32.7 Å². The molecule has 3 nitrogen and oxygen atoms in total. The number of nitrogens with zero attached hydrogens (tertiary/aromatic N) is 1. The number of rotatable bonds is 4. The highest BCUT2D eigenvalue weighted by atomic mass is 79.9. The van der Waals surface area contributed by atoms with Gasteiger partial charge >= 0.3 is 5.97 Å². The molecule has 1 aromatic carbocycles. The number of likely N-dealkylation sites (tertiary alicyclic amines) is 1. The zero-order valence-corrected chi connectivity index (χ0v) is 13.1. The molecule has 1 fully saturated rings. The minimum atomic E-state index is -0.701. The molecule has 0 unspecified atom stereocenters. The number of benzene rings is 1. The molecule has 0 radical (unpaired) electrons. The van der Waals surface area contributed by atoms with Crippen LogP contribution >= 0.6 is 15.9 Å². The molecule has 0 atom stereocenters. The van der Waals surface area contributed by atoms with Crippen molar-refractivity contribution < 1.29 is 14.3 Å². The summed E-state index contributed by atoms with van der Waals surface area (Å²) in [6.07, 6.45) is 1.92. The monoisotopic (exact) mass is 343 g/mol. The lowest BCUT2D eigenvalue weighted by atomic mass is 9.76. The second-order valence-corrected chi connectivity index (χ2v) is 6.37. The smallest absolute Gasteiger partial charge is 0.309 e. The molecule has 0 saturated carbocycles. The van der Waals surface area contributed by atoms with Gasteiger partial charge in [0, 0.05) is 16.6 Å². The van der Waals surface area contributed by atoms with Crippen LogP contribution in [0.5, 0.6) is 0 Å². The summed E-state index contributed by atoms with van der Waals surface area (Å²) >= 11 is 3.35. The first-order chi connectivity index (χ1) is 9.47. The average Bonchev–Trinajstić information content (AvgIpc) is 2.43. The van der Waals surface area contributed by atoms with Crippen LogP contribution in [0.15, 0.2) is 22.7 Å². The normalized spacial score (nSPS) is 18.9. The van der Waals surface area contributed by atoms with Gasteiger partial charge in [0.05, 0.1) is 5.41 Å². The van der Waals surface area contributed by atoms with E-state index in [1.165, 1.54) is 6.07 Å². The molecule has 1 aliphatic rings. The summed E-state index contributed by atoms with van der Waals surface area (Å²) in [5, 5.41) is 9.36. The van der Waals surface area contributed by atoms with Crippen LogP contribution < -0.4 is 0 Å². The van der Waals surface area contributed by atoms with Crippen LogP contribution in [-0.4, -0.2) is 29.1 Å². The molecule has 0 spiro atoms. The Bertz CT molecular complexity index is 499. The van der Waals surface area contributed by atoms with E-state index in [-0.39, 0.29) is 5.82 Å². The number of aliphatic carboxylic acids is 1. The summed E-state index contributed by atoms with van der Waals surface area (Å²) < 4.78 is 14.6. The third-order valence-corrected chi connectivity index (χ3v) is 4.84. The first-order valence-corrected chi connectivity index (χ1v) is 7.66. The van der Waals surface area contributed by atoms with Crippen LogP contribution in [0.2, 0.25) is 0 Å². The van der Waals surface area contributed by atoms with Crippen LogP contribution in [0.1, 0.15) is 31.7 Å². The summed E-state index contributed by atoms with van der Waals surface area (Å²) in [7, 11) is 0. The molecule has 0 bridgehead atoms. The largest absolute Gasteiger partial charge is 0.481 e. The number of carboxylic acid groups (broad SMARTS) is 1. The number of hydrogen-bond acceptors (Lipinski definition) is 2. The molecular formula is C15H19BrFNO2.